The van der Waals surface area contributed by atoms with Gasteiger partial charge in [-0.2, -0.15) is 5.10 Å². The van der Waals surface area contributed by atoms with E-state index in [0.717, 1.165) is 29.8 Å². The highest BCUT2D eigenvalue weighted by Crippen LogP contribution is 2.22. The van der Waals surface area contributed by atoms with Gasteiger partial charge in [-0.3, -0.25) is 14.3 Å². The van der Waals surface area contributed by atoms with Gasteiger partial charge < -0.3 is 10.6 Å². The molecular weight excluding hydrogens is 436 g/mol. The van der Waals surface area contributed by atoms with Gasteiger partial charge in [0.25, 0.3) is 11.8 Å². The number of nitrogens with zero attached hydrogens (tertiary/aromatic N) is 2. The van der Waals surface area contributed by atoms with E-state index in [4.69, 9.17) is 0 Å². The zero-order valence-electron chi connectivity index (χ0n) is 20.3. The molecule has 0 bridgehead atoms. The van der Waals surface area contributed by atoms with Crippen LogP contribution in [-0.4, -0.2) is 28.6 Å². The summed E-state index contributed by atoms with van der Waals surface area (Å²) < 4.78 is 1.85. The van der Waals surface area contributed by atoms with Crippen LogP contribution in [0, 0.1) is 13.8 Å². The quantitative estimate of drug-likeness (QED) is 0.386. The minimum absolute atomic E-state index is 0.126. The van der Waals surface area contributed by atoms with Gasteiger partial charge in [-0.25, -0.2) is 0 Å². The highest BCUT2D eigenvalue weighted by molar-refractivity contribution is 6.04. The number of amides is 2. The summed E-state index contributed by atoms with van der Waals surface area (Å²) in [5, 5.41) is 10.3. The van der Waals surface area contributed by atoms with E-state index in [-0.39, 0.29) is 11.8 Å². The summed E-state index contributed by atoms with van der Waals surface area (Å²) in [6.07, 6.45) is 1.90. The second-order valence-corrected chi connectivity index (χ2v) is 8.62. The van der Waals surface area contributed by atoms with Crippen LogP contribution < -0.4 is 10.6 Å². The summed E-state index contributed by atoms with van der Waals surface area (Å²) in [6, 6.07) is 25.6. The first kappa shape index (κ1) is 24.0. The van der Waals surface area contributed by atoms with E-state index in [9.17, 15) is 9.59 Å². The summed E-state index contributed by atoms with van der Waals surface area (Å²) in [5.41, 5.74) is 7.00. The molecule has 4 rings (SSSR count). The van der Waals surface area contributed by atoms with E-state index in [0.29, 0.717) is 23.4 Å². The monoisotopic (exact) mass is 466 g/mol. The molecule has 0 atom stereocenters. The maximum atomic E-state index is 12.9. The Morgan fingerprint density at radius 1 is 0.771 bits per heavy atom. The second kappa shape index (κ2) is 10.8. The lowest BCUT2D eigenvalue weighted by Crippen LogP contribution is -2.18. The summed E-state index contributed by atoms with van der Waals surface area (Å²) in [5.74, 6) is -0.286. The van der Waals surface area contributed by atoms with Crippen LogP contribution in [0.5, 0.6) is 0 Å². The Bertz CT molecular complexity index is 1320. The van der Waals surface area contributed by atoms with Crippen LogP contribution in [0.3, 0.4) is 0 Å². The number of hydrogen-bond donors (Lipinski definition) is 2. The van der Waals surface area contributed by atoms with Crippen LogP contribution >= 0.6 is 0 Å². The molecule has 178 valence electrons. The molecule has 0 radical (unpaired) electrons. The van der Waals surface area contributed by atoms with E-state index in [2.05, 4.69) is 40.0 Å². The van der Waals surface area contributed by atoms with Crippen LogP contribution in [0.4, 0.5) is 5.69 Å². The van der Waals surface area contributed by atoms with Crippen LogP contribution in [0.25, 0.3) is 0 Å². The van der Waals surface area contributed by atoms with Crippen molar-refractivity contribution in [1.29, 1.82) is 0 Å². The van der Waals surface area contributed by atoms with Crippen molar-refractivity contribution in [2.45, 2.75) is 33.2 Å². The molecule has 0 spiro atoms. The summed E-state index contributed by atoms with van der Waals surface area (Å²) in [7, 11) is 1.61. The zero-order valence-corrected chi connectivity index (χ0v) is 20.3. The van der Waals surface area contributed by atoms with E-state index in [1.807, 2.05) is 67.1 Å². The number of aromatic nitrogens is 2. The molecule has 0 aliphatic rings. The Morgan fingerprint density at radius 2 is 1.43 bits per heavy atom. The van der Waals surface area contributed by atoms with E-state index in [1.54, 1.807) is 13.1 Å². The fourth-order valence-corrected chi connectivity index (χ4v) is 4.10. The molecule has 1 aromatic heterocycles. The van der Waals surface area contributed by atoms with Gasteiger partial charge in [0.05, 0.1) is 23.6 Å². The highest BCUT2D eigenvalue weighted by atomic mass is 16.2. The van der Waals surface area contributed by atoms with Gasteiger partial charge >= 0.3 is 0 Å². The molecule has 0 saturated heterocycles. The first-order valence-electron chi connectivity index (χ1n) is 11.7. The third-order valence-electron chi connectivity index (χ3n) is 6.13. The van der Waals surface area contributed by atoms with Crippen molar-refractivity contribution < 1.29 is 9.59 Å². The van der Waals surface area contributed by atoms with Gasteiger partial charge in [0, 0.05) is 18.2 Å². The van der Waals surface area contributed by atoms with Crippen molar-refractivity contribution in [1.82, 2.24) is 15.1 Å². The smallest absolute Gasteiger partial charge is 0.255 e. The standard InChI is InChI=1S/C29H30N4O2/c1-20-27(21(2)33(32-20)19-24-10-7-11-26(18-24)28(34)30-3)31-29(35)25-16-14-23(15-17-25)13-12-22-8-5-4-6-9-22/h4-11,14-18H,12-13,19H2,1-3H3,(H,30,34)(H,31,35). The minimum atomic E-state index is -0.160. The molecular formula is C29H30N4O2. The number of carbonyl (C=O) groups is 2. The van der Waals surface area contributed by atoms with E-state index >= 15 is 0 Å². The van der Waals surface area contributed by atoms with Crippen molar-refractivity contribution in [2.24, 2.45) is 0 Å². The molecule has 0 unspecified atom stereocenters. The van der Waals surface area contributed by atoms with Crippen molar-refractivity contribution in [2.75, 3.05) is 12.4 Å². The zero-order chi connectivity index (χ0) is 24.8. The average molecular weight is 467 g/mol. The third kappa shape index (κ3) is 5.84. The molecule has 2 amide bonds. The van der Waals surface area contributed by atoms with Gasteiger partial charge in [-0.1, -0.05) is 54.6 Å². The normalized spacial score (nSPS) is 10.7. The van der Waals surface area contributed by atoms with Gasteiger partial charge in [-0.05, 0) is 67.6 Å². The number of anilines is 1. The number of benzene rings is 3. The molecule has 0 aliphatic carbocycles. The molecule has 0 aliphatic heterocycles. The maximum absolute atomic E-state index is 12.9. The third-order valence-corrected chi connectivity index (χ3v) is 6.13. The number of nitrogens with one attached hydrogen (secondary N) is 2. The lowest BCUT2D eigenvalue weighted by molar-refractivity contribution is 0.0962. The van der Waals surface area contributed by atoms with Gasteiger partial charge in [0.1, 0.15) is 0 Å². The summed E-state index contributed by atoms with van der Waals surface area (Å²) in [6.45, 7) is 4.32. The SMILES string of the molecule is CNC(=O)c1cccc(Cn2nc(C)c(NC(=O)c3ccc(CCc4ccccc4)cc3)c2C)c1. The molecule has 3 aromatic carbocycles. The molecule has 0 fully saturated rings. The molecule has 0 saturated carbocycles. The van der Waals surface area contributed by atoms with E-state index < -0.39 is 0 Å². The molecule has 2 N–H and O–H groups in total. The van der Waals surface area contributed by atoms with Gasteiger partial charge in [0.2, 0.25) is 0 Å². The largest absolute Gasteiger partial charge is 0.355 e. The highest BCUT2D eigenvalue weighted by Gasteiger charge is 2.16. The Kier molecular flexibility index (Phi) is 7.41. The molecule has 35 heavy (non-hydrogen) atoms. The van der Waals surface area contributed by atoms with Crippen molar-refractivity contribution >= 4 is 17.5 Å². The summed E-state index contributed by atoms with van der Waals surface area (Å²) in [4.78, 5) is 24.9. The van der Waals surface area contributed by atoms with Crippen LogP contribution in [0.1, 0.15) is 48.8 Å². The number of rotatable bonds is 8. The fraction of sp³-hybridized carbons (Fsp3) is 0.207. The van der Waals surface area contributed by atoms with Crippen molar-refractivity contribution in [3.8, 4) is 0 Å². The predicted molar refractivity (Wildman–Crippen MR) is 139 cm³/mol. The first-order valence-corrected chi connectivity index (χ1v) is 11.7. The molecule has 6 nitrogen and oxygen atoms in total. The van der Waals surface area contributed by atoms with E-state index in [1.165, 1.54) is 11.1 Å². The Hall–Kier alpha value is -4.19. The maximum Gasteiger partial charge on any atom is 0.255 e. The first-order chi connectivity index (χ1) is 16.9. The second-order valence-electron chi connectivity index (χ2n) is 8.62. The van der Waals surface area contributed by atoms with Crippen LogP contribution in [-0.2, 0) is 19.4 Å². The number of carbonyl (C=O) groups excluding carboxylic acids is 2. The van der Waals surface area contributed by atoms with Crippen LogP contribution in [0.2, 0.25) is 0 Å². The van der Waals surface area contributed by atoms with Crippen molar-refractivity contribution in [3.05, 3.63) is 118 Å². The van der Waals surface area contributed by atoms with Crippen LogP contribution in [0.15, 0.2) is 78.9 Å². The summed E-state index contributed by atoms with van der Waals surface area (Å²) >= 11 is 0. The average Bonchev–Trinajstić information content (AvgIpc) is 3.15. The lowest BCUT2D eigenvalue weighted by Gasteiger charge is -2.09. The van der Waals surface area contributed by atoms with Gasteiger partial charge in [-0.15, -0.1) is 0 Å². The topological polar surface area (TPSA) is 76.0 Å². The van der Waals surface area contributed by atoms with Crippen molar-refractivity contribution in [3.63, 3.8) is 0 Å². The molecule has 1 heterocycles. The minimum Gasteiger partial charge on any atom is -0.355 e. The fourth-order valence-electron chi connectivity index (χ4n) is 4.10. The lowest BCUT2D eigenvalue weighted by atomic mass is 10.0. The Labute approximate surface area is 206 Å². The Morgan fingerprint density at radius 3 is 2.11 bits per heavy atom. The number of aryl methyl sites for hydroxylation is 3. The Balaban J connectivity index is 1.42. The predicted octanol–water partition coefficient (Wildman–Crippen LogP) is 4.95. The molecule has 4 aromatic rings. The van der Waals surface area contributed by atoms with Gasteiger partial charge in [0.15, 0.2) is 0 Å². The molecule has 6 heteroatoms. The number of hydrogen-bond acceptors (Lipinski definition) is 3.